The van der Waals surface area contributed by atoms with Gasteiger partial charge in [-0.25, -0.2) is 0 Å². The number of carbonyl (C=O) groups is 1. The maximum absolute atomic E-state index is 13.1. The average molecular weight is 446 g/mol. The zero-order valence-corrected chi connectivity index (χ0v) is 18.7. The van der Waals surface area contributed by atoms with Crippen molar-refractivity contribution in [3.63, 3.8) is 0 Å². The van der Waals surface area contributed by atoms with Crippen LogP contribution in [0.3, 0.4) is 0 Å². The Morgan fingerprint density at radius 2 is 1.72 bits per heavy atom. The lowest BCUT2D eigenvalue weighted by atomic mass is 10.2. The molecule has 6 nitrogen and oxygen atoms in total. The minimum atomic E-state index is -0.0923. The van der Waals surface area contributed by atoms with Crippen LogP contribution in [0.25, 0.3) is 11.4 Å². The number of rotatable bonds is 8. The van der Waals surface area contributed by atoms with E-state index in [1.54, 1.807) is 30.8 Å². The molecule has 0 spiro atoms. The lowest BCUT2D eigenvalue weighted by Gasteiger charge is -2.17. The third-order valence-corrected chi connectivity index (χ3v) is 6.03. The SMILES string of the molecule is COc1ccc(-c2noc(CN(C)C(=O)c3ccccc3SCc3ccccc3)n2)cc1. The second-order valence-electron chi connectivity index (χ2n) is 7.17. The predicted molar refractivity (Wildman–Crippen MR) is 125 cm³/mol. The summed E-state index contributed by atoms with van der Waals surface area (Å²) in [4.78, 5) is 20.1. The van der Waals surface area contributed by atoms with Crippen LogP contribution in [0.15, 0.2) is 88.3 Å². The van der Waals surface area contributed by atoms with Crippen LogP contribution in [-0.2, 0) is 12.3 Å². The summed E-state index contributed by atoms with van der Waals surface area (Å²) in [5, 5.41) is 4.04. The summed E-state index contributed by atoms with van der Waals surface area (Å²) in [5.41, 5.74) is 2.69. The molecule has 4 aromatic rings. The Morgan fingerprint density at radius 1 is 1.00 bits per heavy atom. The van der Waals surface area contributed by atoms with Gasteiger partial charge in [0.05, 0.1) is 19.2 Å². The van der Waals surface area contributed by atoms with Gasteiger partial charge in [0.2, 0.25) is 11.7 Å². The van der Waals surface area contributed by atoms with E-state index in [0.717, 1.165) is 22.0 Å². The molecule has 162 valence electrons. The van der Waals surface area contributed by atoms with Crippen LogP contribution in [-0.4, -0.2) is 35.1 Å². The van der Waals surface area contributed by atoms with E-state index in [1.807, 2.05) is 66.7 Å². The lowest BCUT2D eigenvalue weighted by Crippen LogP contribution is -2.26. The molecule has 4 rings (SSSR count). The Hall–Kier alpha value is -3.58. The van der Waals surface area contributed by atoms with Crippen LogP contribution < -0.4 is 4.74 Å². The first-order valence-electron chi connectivity index (χ1n) is 10.1. The van der Waals surface area contributed by atoms with Crippen LogP contribution in [0.2, 0.25) is 0 Å². The monoisotopic (exact) mass is 445 g/mol. The van der Waals surface area contributed by atoms with Crippen molar-refractivity contribution in [2.75, 3.05) is 14.2 Å². The summed E-state index contributed by atoms with van der Waals surface area (Å²) < 4.78 is 10.5. The number of carbonyl (C=O) groups excluding carboxylic acids is 1. The van der Waals surface area contributed by atoms with Crippen LogP contribution in [0.5, 0.6) is 5.75 Å². The first-order valence-corrected chi connectivity index (χ1v) is 11.1. The Kier molecular flexibility index (Phi) is 6.87. The number of hydrogen-bond acceptors (Lipinski definition) is 6. The van der Waals surface area contributed by atoms with E-state index in [2.05, 4.69) is 22.3 Å². The van der Waals surface area contributed by atoms with Crippen LogP contribution in [0.1, 0.15) is 21.8 Å². The topological polar surface area (TPSA) is 68.5 Å². The lowest BCUT2D eigenvalue weighted by molar-refractivity contribution is 0.0766. The van der Waals surface area contributed by atoms with E-state index >= 15 is 0 Å². The maximum atomic E-state index is 13.1. The minimum absolute atomic E-state index is 0.0923. The van der Waals surface area contributed by atoms with Crippen molar-refractivity contribution in [2.45, 2.75) is 17.2 Å². The highest BCUT2D eigenvalue weighted by atomic mass is 32.2. The third kappa shape index (κ3) is 5.18. The fraction of sp³-hybridized carbons (Fsp3) is 0.160. The van der Waals surface area contributed by atoms with Crippen LogP contribution in [0.4, 0.5) is 0 Å². The molecule has 1 aromatic heterocycles. The Balaban J connectivity index is 1.43. The van der Waals surface area contributed by atoms with Gasteiger partial charge in [-0.05, 0) is 42.0 Å². The first kappa shape index (κ1) is 21.6. The molecule has 3 aromatic carbocycles. The van der Waals surface area contributed by atoms with Gasteiger partial charge in [0, 0.05) is 23.3 Å². The van der Waals surface area contributed by atoms with Crippen molar-refractivity contribution in [2.24, 2.45) is 0 Å². The average Bonchev–Trinajstić information content (AvgIpc) is 3.31. The van der Waals surface area contributed by atoms with Gasteiger partial charge < -0.3 is 14.2 Å². The highest BCUT2D eigenvalue weighted by Gasteiger charge is 2.19. The largest absolute Gasteiger partial charge is 0.497 e. The normalized spacial score (nSPS) is 10.7. The molecule has 0 unspecified atom stereocenters. The molecule has 0 saturated carbocycles. The fourth-order valence-electron chi connectivity index (χ4n) is 3.16. The van der Waals surface area contributed by atoms with Crippen LogP contribution in [0, 0.1) is 0 Å². The molecular formula is C25H23N3O3S. The molecular weight excluding hydrogens is 422 g/mol. The number of nitrogens with zero attached hydrogens (tertiary/aromatic N) is 3. The molecule has 0 radical (unpaired) electrons. The smallest absolute Gasteiger partial charge is 0.255 e. The van der Waals surface area contributed by atoms with Crippen molar-refractivity contribution in [3.8, 4) is 17.1 Å². The summed E-state index contributed by atoms with van der Waals surface area (Å²) in [6, 6.07) is 25.3. The second kappa shape index (κ2) is 10.2. The van der Waals surface area contributed by atoms with Crippen LogP contribution >= 0.6 is 11.8 Å². The number of thioether (sulfide) groups is 1. The number of methoxy groups -OCH3 is 1. The minimum Gasteiger partial charge on any atom is -0.497 e. The number of ether oxygens (including phenoxy) is 1. The van der Waals surface area contributed by atoms with Gasteiger partial charge in [-0.3, -0.25) is 4.79 Å². The van der Waals surface area contributed by atoms with Gasteiger partial charge in [0.15, 0.2) is 0 Å². The van der Waals surface area contributed by atoms with Gasteiger partial charge in [-0.2, -0.15) is 4.98 Å². The molecule has 0 N–H and O–H groups in total. The Morgan fingerprint density at radius 3 is 2.47 bits per heavy atom. The first-order chi connectivity index (χ1) is 15.6. The van der Waals surface area contributed by atoms with Crippen molar-refractivity contribution in [1.29, 1.82) is 0 Å². The summed E-state index contributed by atoms with van der Waals surface area (Å²) in [7, 11) is 3.35. The van der Waals surface area contributed by atoms with E-state index in [4.69, 9.17) is 9.26 Å². The number of aromatic nitrogens is 2. The molecule has 32 heavy (non-hydrogen) atoms. The summed E-state index contributed by atoms with van der Waals surface area (Å²) in [6.07, 6.45) is 0. The quantitative estimate of drug-likeness (QED) is 0.342. The number of amides is 1. The second-order valence-corrected chi connectivity index (χ2v) is 8.19. The third-order valence-electron chi connectivity index (χ3n) is 4.89. The van der Waals surface area contributed by atoms with Gasteiger partial charge in [-0.15, -0.1) is 11.8 Å². The molecule has 0 atom stereocenters. The van der Waals surface area contributed by atoms with Gasteiger partial charge in [0.1, 0.15) is 5.75 Å². The summed E-state index contributed by atoms with van der Waals surface area (Å²) >= 11 is 1.65. The molecule has 0 bridgehead atoms. The van der Waals surface area contributed by atoms with E-state index in [1.165, 1.54) is 5.56 Å². The predicted octanol–water partition coefficient (Wildman–Crippen LogP) is 5.31. The van der Waals surface area contributed by atoms with E-state index in [-0.39, 0.29) is 12.5 Å². The van der Waals surface area contributed by atoms with Crippen molar-refractivity contribution < 1.29 is 14.1 Å². The van der Waals surface area contributed by atoms with Crippen molar-refractivity contribution >= 4 is 17.7 Å². The molecule has 0 fully saturated rings. The molecule has 7 heteroatoms. The zero-order valence-electron chi connectivity index (χ0n) is 17.9. The Labute approximate surface area is 191 Å². The number of hydrogen-bond donors (Lipinski definition) is 0. The molecule has 1 heterocycles. The zero-order chi connectivity index (χ0) is 22.3. The fourth-order valence-corrected chi connectivity index (χ4v) is 4.16. The van der Waals surface area contributed by atoms with E-state index < -0.39 is 0 Å². The van der Waals surface area contributed by atoms with Crippen molar-refractivity contribution in [3.05, 3.63) is 95.9 Å². The van der Waals surface area contributed by atoms with E-state index in [9.17, 15) is 4.79 Å². The van der Waals surface area contributed by atoms with Gasteiger partial charge in [-0.1, -0.05) is 47.6 Å². The summed E-state index contributed by atoms with van der Waals surface area (Å²) in [5.74, 6) is 2.31. The highest BCUT2D eigenvalue weighted by Crippen LogP contribution is 2.27. The molecule has 0 saturated heterocycles. The maximum Gasteiger partial charge on any atom is 0.255 e. The van der Waals surface area contributed by atoms with Gasteiger partial charge in [0.25, 0.3) is 5.91 Å². The molecule has 0 aliphatic carbocycles. The van der Waals surface area contributed by atoms with E-state index in [0.29, 0.717) is 17.3 Å². The van der Waals surface area contributed by atoms with Crippen molar-refractivity contribution in [1.82, 2.24) is 15.0 Å². The number of benzene rings is 3. The standard InChI is InChI=1S/C25H23N3O3S/c1-28(16-23-26-24(27-31-23)19-12-14-20(30-2)15-13-19)25(29)21-10-6-7-11-22(21)32-17-18-8-4-3-5-9-18/h3-15H,16-17H2,1-2H3. The summed E-state index contributed by atoms with van der Waals surface area (Å²) in [6.45, 7) is 0.222. The molecule has 0 aliphatic rings. The molecule has 0 aliphatic heterocycles. The van der Waals surface area contributed by atoms with Gasteiger partial charge >= 0.3 is 0 Å². The Bertz CT molecular complexity index is 1180. The highest BCUT2D eigenvalue weighted by molar-refractivity contribution is 7.98. The molecule has 1 amide bonds.